The Hall–Kier alpha value is -0.340. The van der Waals surface area contributed by atoms with Gasteiger partial charge < -0.3 is 10.2 Å². The summed E-state index contributed by atoms with van der Waals surface area (Å²) in [6.45, 7) is 4.89. The molecule has 0 bridgehead atoms. The molecule has 0 saturated carbocycles. The monoisotopic (exact) mass is 310 g/mol. The zero-order valence-electron chi connectivity index (χ0n) is 14.9. The molecule has 22 heavy (non-hydrogen) atoms. The van der Waals surface area contributed by atoms with E-state index in [1.165, 1.54) is 69.8 Å². The van der Waals surface area contributed by atoms with Crippen molar-refractivity contribution in [1.82, 2.24) is 0 Å². The summed E-state index contributed by atoms with van der Waals surface area (Å²) >= 11 is 0. The molecule has 0 aromatic heterocycles. The van der Waals surface area contributed by atoms with Crippen molar-refractivity contribution in [1.29, 1.82) is 0 Å². The first kappa shape index (κ1) is 19.7. The lowest BCUT2D eigenvalue weighted by Gasteiger charge is -2.32. The standard InChI is InChI=1S/C20H38O2/c1-20(2)16-18(15-19(22)17-20)13-11-9-7-5-3-4-6-8-10-12-14-21/h15,19,21-22H,3-14,16-17H2,1-2H3. The zero-order chi connectivity index (χ0) is 16.3. The third-order valence-electron chi connectivity index (χ3n) is 4.80. The molecule has 0 aliphatic heterocycles. The first-order chi connectivity index (χ1) is 10.5. The van der Waals surface area contributed by atoms with Gasteiger partial charge in [-0.3, -0.25) is 0 Å². The third-order valence-corrected chi connectivity index (χ3v) is 4.80. The van der Waals surface area contributed by atoms with E-state index in [2.05, 4.69) is 19.9 Å². The van der Waals surface area contributed by atoms with Crippen LogP contribution in [0.2, 0.25) is 0 Å². The van der Waals surface area contributed by atoms with E-state index in [1.54, 1.807) is 0 Å². The van der Waals surface area contributed by atoms with Gasteiger partial charge in [0.05, 0.1) is 6.10 Å². The van der Waals surface area contributed by atoms with Gasteiger partial charge in [-0.1, -0.05) is 76.9 Å². The minimum absolute atomic E-state index is 0.218. The van der Waals surface area contributed by atoms with Gasteiger partial charge in [0.2, 0.25) is 0 Å². The summed E-state index contributed by atoms with van der Waals surface area (Å²) in [4.78, 5) is 0. The summed E-state index contributed by atoms with van der Waals surface area (Å²) in [6, 6.07) is 0. The van der Waals surface area contributed by atoms with E-state index in [9.17, 15) is 5.11 Å². The highest BCUT2D eigenvalue weighted by Crippen LogP contribution is 2.37. The van der Waals surface area contributed by atoms with Crippen LogP contribution in [0.3, 0.4) is 0 Å². The summed E-state index contributed by atoms with van der Waals surface area (Å²) in [5, 5.41) is 18.6. The summed E-state index contributed by atoms with van der Waals surface area (Å²) in [5.74, 6) is 0. The fourth-order valence-electron chi connectivity index (χ4n) is 3.69. The second-order valence-electron chi connectivity index (χ2n) is 7.95. The molecule has 0 aromatic rings. The van der Waals surface area contributed by atoms with Gasteiger partial charge in [0.15, 0.2) is 0 Å². The molecule has 0 aromatic carbocycles. The van der Waals surface area contributed by atoms with Gasteiger partial charge >= 0.3 is 0 Å². The highest BCUT2D eigenvalue weighted by molar-refractivity contribution is 5.12. The summed E-state index contributed by atoms with van der Waals surface area (Å²) in [5.41, 5.74) is 1.76. The molecule has 0 radical (unpaired) electrons. The topological polar surface area (TPSA) is 40.5 Å². The molecular weight excluding hydrogens is 272 g/mol. The SMILES string of the molecule is CC1(C)CC(CCCCCCCCCCCCO)=CC(O)C1. The molecule has 0 heterocycles. The first-order valence-electron chi connectivity index (χ1n) is 9.52. The molecule has 1 aliphatic carbocycles. The summed E-state index contributed by atoms with van der Waals surface area (Å²) < 4.78 is 0. The average Bonchev–Trinajstić information content (AvgIpc) is 2.42. The van der Waals surface area contributed by atoms with Crippen LogP contribution in [0.15, 0.2) is 11.6 Å². The Bertz CT molecular complexity index is 307. The molecule has 0 spiro atoms. The minimum atomic E-state index is -0.218. The highest BCUT2D eigenvalue weighted by Gasteiger charge is 2.27. The molecule has 130 valence electrons. The molecule has 0 saturated heterocycles. The predicted molar refractivity (Wildman–Crippen MR) is 95.0 cm³/mol. The van der Waals surface area contributed by atoms with Crippen LogP contribution in [0.5, 0.6) is 0 Å². The van der Waals surface area contributed by atoms with Crippen molar-refractivity contribution in [3.05, 3.63) is 11.6 Å². The lowest BCUT2D eigenvalue weighted by atomic mass is 9.75. The van der Waals surface area contributed by atoms with E-state index < -0.39 is 0 Å². The molecular formula is C20H38O2. The fraction of sp³-hybridized carbons (Fsp3) is 0.900. The van der Waals surface area contributed by atoms with Gasteiger partial charge in [-0.2, -0.15) is 0 Å². The largest absolute Gasteiger partial charge is 0.396 e. The van der Waals surface area contributed by atoms with Crippen molar-refractivity contribution in [2.75, 3.05) is 6.61 Å². The Kier molecular flexibility index (Phi) is 10.1. The zero-order valence-corrected chi connectivity index (χ0v) is 14.9. The molecule has 1 rings (SSSR count). The molecule has 1 aliphatic rings. The maximum absolute atomic E-state index is 9.90. The number of unbranched alkanes of at least 4 members (excludes halogenated alkanes) is 9. The van der Waals surface area contributed by atoms with Crippen molar-refractivity contribution in [2.24, 2.45) is 5.41 Å². The van der Waals surface area contributed by atoms with Crippen molar-refractivity contribution in [3.8, 4) is 0 Å². The number of aliphatic hydroxyl groups is 2. The second-order valence-corrected chi connectivity index (χ2v) is 7.95. The minimum Gasteiger partial charge on any atom is -0.396 e. The number of rotatable bonds is 12. The molecule has 0 amide bonds. The van der Waals surface area contributed by atoms with Crippen LogP contribution < -0.4 is 0 Å². The number of allylic oxidation sites excluding steroid dienone is 1. The first-order valence-corrected chi connectivity index (χ1v) is 9.52. The lowest BCUT2D eigenvalue weighted by Crippen LogP contribution is -2.24. The van der Waals surface area contributed by atoms with Crippen LogP contribution in [-0.2, 0) is 0 Å². The number of hydrogen-bond donors (Lipinski definition) is 2. The smallest absolute Gasteiger partial charge is 0.0728 e. The van der Waals surface area contributed by atoms with Gasteiger partial charge in [0, 0.05) is 6.61 Å². The van der Waals surface area contributed by atoms with Crippen molar-refractivity contribution in [2.45, 2.75) is 103 Å². The Morgan fingerprint density at radius 1 is 0.909 bits per heavy atom. The number of aliphatic hydroxyl groups excluding tert-OH is 2. The van der Waals surface area contributed by atoms with Crippen molar-refractivity contribution in [3.63, 3.8) is 0 Å². The van der Waals surface area contributed by atoms with Crippen LogP contribution in [0.25, 0.3) is 0 Å². The predicted octanol–water partition coefficient (Wildman–Crippen LogP) is 5.38. The van der Waals surface area contributed by atoms with Gasteiger partial charge in [-0.25, -0.2) is 0 Å². The van der Waals surface area contributed by atoms with Crippen molar-refractivity contribution < 1.29 is 10.2 Å². The number of hydrogen-bond acceptors (Lipinski definition) is 2. The molecule has 1 unspecified atom stereocenters. The highest BCUT2D eigenvalue weighted by atomic mass is 16.3. The molecule has 2 N–H and O–H groups in total. The van der Waals surface area contributed by atoms with Crippen LogP contribution in [-0.4, -0.2) is 22.9 Å². The maximum atomic E-state index is 9.90. The second kappa shape index (κ2) is 11.2. The van der Waals surface area contributed by atoms with E-state index in [0.29, 0.717) is 6.61 Å². The Labute approximate surface area is 138 Å². The van der Waals surface area contributed by atoms with Crippen molar-refractivity contribution >= 4 is 0 Å². The van der Waals surface area contributed by atoms with Crippen LogP contribution >= 0.6 is 0 Å². The summed E-state index contributed by atoms with van der Waals surface area (Å²) in [6.07, 6.45) is 18.0. The lowest BCUT2D eigenvalue weighted by molar-refractivity contribution is 0.137. The van der Waals surface area contributed by atoms with Gasteiger partial charge in [0.25, 0.3) is 0 Å². The Morgan fingerprint density at radius 3 is 1.91 bits per heavy atom. The molecule has 0 fully saturated rings. The molecule has 1 atom stereocenters. The van der Waals surface area contributed by atoms with Crippen LogP contribution in [0, 0.1) is 5.41 Å². The fourth-order valence-corrected chi connectivity index (χ4v) is 3.69. The Morgan fingerprint density at radius 2 is 1.41 bits per heavy atom. The van der Waals surface area contributed by atoms with Gasteiger partial charge in [-0.15, -0.1) is 0 Å². The van der Waals surface area contributed by atoms with E-state index in [-0.39, 0.29) is 11.5 Å². The van der Waals surface area contributed by atoms with E-state index in [4.69, 9.17) is 5.11 Å². The maximum Gasteiger partial charge on any atom is 0.0728 e. The normalized spacial score (nSPS) is 20.9. The van der Waals surface area contributed by atoms with Gasteiger partial charge in [0.1, 0.15) is 0 Å². The molecule has 2 nitrogen and oxygen atoms in total. The van der Waals surface area contributed by atoms with Crippen LogP contribution in [0.4, 0.5) is 0 Å². The van der Waals surface area contributed by atoms with E-state index in [0.717, 1.165) is 19.3 Å². The Balaban J connectivity index is 1.93. The van der Waals surface area contributed by atoms with E-state index >= 15 is 0 Å². The van der Waals surface area contributed by atoms with E-state index in [1.807, 2.05) is 0 Å². The average molecular weight is 311 g/mol. The third kappa shape index (κ3) is 9.63. The quantitative estimate of drug-likeness (QED) is 0.375. The van der Waals surface area contributed by atoms with Crippen LogP contribution in [0.1, 0.15) is 97.3 Å². The molecule has 2 heteroatoms. The summed E-state index contributed by atoms with van der Waals surface area (Å²) in [7, 11) is 0. The van der Waals surface area contributed by atoms with Gasteiger partial charge in [-0.05, 0) is 37.5 Å².